The minimum absolute atomic E-state index is 0.0633. The van der Waals surface area contributed by atoms with E-state index in [1.54, 1.807) is 6.07 Å². The summed E-state index contributed by atoms with van der Waals surface area (Å²) in [7, 11) is 0. The second-order valence-corrected chi connectivity index (χ2v) is 6.21. The van der Waals surface area contributed by atoms with Crippen LogP contribution in [0.3, 0.4) is 0 Å². The van der Waals surface area contributed by atoms with Crippen LogP contribution in [0.4, 0.5) is 0 Å². The van der Waals surface area contributed by atoms with Gasteiger partial charge in [0, 0.05) is 24.8 Å². The molecule has 108 valence electrons. The maximum Gasteiger partial charge on any atom is 0.335 e. The molecule has 0 radical (unpaired) electrons. The van der Waals surface area contributed by atoms with Crippen LogP contribution in [0, 0.1) is 0 Å². The molecule has 2 fully saturated rings. The predicted molar refractivity (Wildman–Crippen MR) is 73.9 cm³/mol. The average molecular weight is 295 g/mol. The molecule has 20 heavy (non-hydrogen) atoms. The summed E-state index contributed by atoms with van der Waals surface area (Å²) in [6.07, 6.45) is 5.90. The van der Waals surface area contributed by atoms with E-state index in [1.165, 1.54) is 36.9 Å². The topological polar surface area (TPSA) is 68.7 Å². The van der Waals surface area contributed by atoms with Gasteiger partial charge in [0.05, 0.1) is 23.3 Å². The molecule has 1 saturated carbocycles. The van der Waals surface area contributed by atoms with Crippen LogP contribution in [0.15, 0.2) is 23.4 Å². The van der Waals surface area contributed by atoms with Gasteiger partial charge in [-0.15, -0.1) is 11.8 Å². The summed E-state index contributed by atoms with van der Waals surface area (Å²) in [5, 5.41) is 9.66. The van der Waals surface area contributed by atoms with Crippen molar-refractivity contribution in [1.82, 2.24) is 4.98 Å². The number of ether oxygens (including phenoxy) is 2. The summed E-state index contributed by atoms with van der Waals surface area (Å²) in [5.41, 5.74) is 0.262. The standard InChI is InChI=1S/C14H17NO4S/c16-13(17)10-3-6-15-12(7-10)20-9-11-8-18-14(19-11)4-1-2-5-14/h3,6-7,11H,1-2,4-5,8-9H2,(H,16,17). The van der Waals surface area contributed by atoms with Gasteiger partial charge in [-0.05, 0) is 25.0 Å². The van der Waals surface area contributed by atoms with Crippen LogP contribution >= 0.6 is 11.8 Å². The minimum atomic E-state index is -0.931. The van der Waals surface area contributed by atoms with E-state index in [0.717, 1.165) is 18.6 Å². The highest BCUT2D eigenvalue weighted by Gasteiger charge is 2.43. The molecule has 1 unspecified atom stereocenters. The Morgan fingerprint density at radius 3 is 3.05 bits per heavy atom. The molecule has 1 N–H and O–H groups in total. The van der Waals surface area contributed by atoms with Crippen LogP contribution in [-0.4, -0.2) is 40.3 Å². The van der Waals surface area contributed by atoms with Crippen molar-refractivity contribution in [3.05, 3.63) is 23.9 Å². The van der Waals surface area contributed by atoms with E-state index in [0.29, 0.717) is 11.6 Å². The number of carboxylic acids is 1. The Hall–Kier alpha value is -1.11. The number of rotatable bonds is 4. The fraction of sp³-hybridized carbons (Fsp3) is 0.571. The molecule has 3 rings (SSSR count). The lowest BCUT2D eigenvalue weighted by Crippen LogP contribution is -2.27. The summed E-state index contributed by atoms with van der Waals surface area (Å²) in [4.78, 5) is 15.1. The van der Waals surface area contributed by atoms with E-state index in [2.05, 4.69) is 4.98 Å². The largest absolute Gasteiger partial charge is 0.478 e. The van der Waals surface area contributed by atoms with Gasteiger partial charge in [0.1, 0.15) is 0 Å². The van der Waals surface area contributed by atoms with Gasteiger partial charge in [-0.25, -0.2) is 9.78 Å². The summed E-state index contributed by atoms with van der Waals surface area (Å²) < 4.78 is 11.8. The van der Waals surface area contributed by atoms with Gasteiger partial charge in [0.25, 0.3) is 0 Å². The molecule has 0 bridgehead atoms. The van der Waals surface area contributed by atoms with E-state index < -0.39 is 5.97 Å². The van der Waals surface area contributed by atoms with Gasteiger partial charge in [-0.2, -0.15) is 0 Å². The molecular formula is C14H17NO4S. The van der Waals surface area contributed by atoms with Gasteiger partial charge in [-0.3, -0.25) is 0 Å². The fourth-order valence-corrected chi connectivity index (χ4v) is 3.54. The third kappa shape index (κ3) is 2.97. The Labute approximate surface area is 121 Å². The molecule has 5 nitrogen and oxygen atoms in total. The molecular weight excluding hydrogens is 278 g/mol. The Balaban J connectivity index is 1.55. The highest BCUT2D eigenvalue weighted by molar-refractivity contribution is 7.99. The highest BCUT2D eigenvalue weighted by atomic mass is 32.2. The smallest absolute Gasteiger partial charge is 0.335 e. The van der Waals surface area contributed by atoms with Crippen LogP contribution in [-0.2, 0) is 9.47 Å². The fourth-order valence-electron chi connectivity index (χ4n) is 2.67. The summed E-state index contributed by atoms with van der Waals surface area (Å²) in [6.45, 7) is 0.617. The lowest BCUT2D eigenvalue weighted by atomic mass is 10.2. The monoisotopic (exact) mass is 295 g/mol. The van der Waals surface area contributed by atoms with Crippen molar-refractivity contribution in [2.24, 2.45) is 0 Å². The van der Waals surface area contributed by atoms with Crippen LogP contribution in [0.2, 0.25) is 0 Å². The molecule has 2 aliphatic rings. The van der Waals surface area contributed by atoms with Crippen molar-refractivity contribution in [3.8, 4) is 0 Å². The second kappa shape index (κ2) is 5.71. The molecule has 1 spiro atoms. The SMILES string of the molecule is O=C(O)c1ccnc(SCC2COC3(CCCC3)O2)c1. The lowest BCUT2D eigenvalue weighted by Gasteiger charge is -2.21. The Morgan fingerprint density at radius 2 is 2.30 bits per heavy atom. The number of aromatic carboxylic acids is 1. The minimum Gasteiger partial charge on any atom is -0.478 e. The highest BCUT2D eigenvalue weighted by Crippen LogP contribution is 2.40. The molecule has 1 aromatic heterocycles. The van der Waals surface area contributed by atoms with E-state index >= 15 is 0 Å². The number of hydrogen-bond acceptors (Lipinski definition) is 5. The van der Waals surface area contributed by atoms with Gasteiger partial charge in [-0.1, -0.05) is 0 Å². The van der Waals surface area contributed by atoms with E-state index in [-0.39, 0.29) is 17.5 Å². The Kier molecular flexibility index (Phi) is 3.96. The average Bonchev–Trinajstić information content (AvgIpc) is 3.08. The van der Waals surface area contributed by atoms with Crippen molar-refractivity contribution in [2.45, 2.75) is 42.6 Å². The number of carboxylic acid groups (broad SMARTS) is 1. The number of thioether (sulfide) groups is 1. The number of nitrogens with zero attached hydrogens (tertiary/aromatic N) is 1. The maximum absolute atomic E-state index is 10.9. The van der Waals surface area contributed by atoms with Crippen molar-refractivity contribution in [3.63, 3.8) is 0 Å². The molecule has 6 heteroatoms. The van der Waals surface area contributed by atoms with E-state index in [1.807, 2.05) is 0 Å². The van der Waals surface area contributed by atoms with Gasteiger partial charge in [0.2, 0.25) is 0 Å². The summed E-state index contributed by atoms with van der Waals surface area (Å²) in [6, 6.07) is 3.09. The zero-order chi connectivity index (χ0) is 14.0. The summed E-state index contributed by atoms with van der Waals surface area (Å²) >= 11 is 1.51. The van der Waals surface area contributed by atoms with Gasteiger partial charge < -0.3 is 14.6 Å². The molecule has 0 aromatic carbocycles. The number of pyridine rings is 1. The predicted octanol–water partition coefficient (Wildman–Crippen LogP) is 2.56. The zero-order valence-electron chi connectivity index (χ0n) is 11.1. The number of hydrogen-bond donors (Lipinski definition) is 1. The Bertz CT molecular complexity index is 502. The maximum atomic E-state index is 10.9. The van der Waals surface area contributed by atoms with E-state index in [4.69, 9.17) is 14.6 Å². The molecule has 1 saturated heterocycles. The van der Waals surface area contributed by atoms with Gasteiger partial charge >= 0.3 is 5.97 Å². The summed E-state index contributed by atoms with van der Waals surface area (Å²) in [5.74, 6) is -0.529. The van der Waals surface area contributed by atoms with Crippen molar-refractivity contribution >= 4 is 17.7 Å². The molecule has 1 aliphatic carbocycles. The quantitative estimate of drug-likeness (QED) is 0.861. The number of aromatic nitrogens is 1. The van der Waals surface area contributed by atoms with Crippen LogP contribution < -0.4 is 0 Å². The van der Waals surface area contributed by atoms with Crippen molar-refractivity contribution in [2.75, 3.05) is 12.4 Å². The third-order valence-corrected chi connectivity index (χ3v) is 4.74. The molecule has 1 aromatic rings. The number of carbonyl (C=O) groups is 1. The molecule has 1 aliphatic heterocycles. The molecule has 0 amide bonds. The van der Waals surface area contributed by atoms with Crippen LogP contribution in [0.1, 0.15) is 36.0 Å². The first kappa shape index (κ1) is 13.9. The second-order valence-electron chi connectivity index (χ2n) is 5.17. The van der Waals surface area contributed by atoms with Crippen molar-refractivity contribution < 1.29 is 19.4 Å². The van der Waals surface area contributed by atoms with Gasteiger partial charge in [0.15, 0.2) is 5.79 Å². The van der Waals surface area contributed by atoms with Crippen molar-refractivity contribution in [1.29, 1.82) is 0 Å². The van der Waals surface area contributed by atoms with Crippen LogP contribution in [0.25, 0.3) is 0 Å². The first-order valence-electron chi connectivity index (χ1n) is 6.81. The lowest BCUT2D eigenvalue weighted by molar-refractivity contribution is -0.159. The molecule has 1 atom stereocenters. The molecule has 2 heterocycles. The third-order valence-electron chi connectivity index (χ3n) is 3.68. The first-order chi connectivity index (χ1) is 9.67. The normalized spacial score (nSPS) is 24.3. The zero-order valence-corrected chi connectivity index (χ0v) is 11.9. The first-order valence-corrected chi connectivity index (χ1v) is 7.79. The van der Waals surface area contributed by atoms with Crippen LogP contribution in [0.5, 0.6) is 0 Å². The Morgan fingerprint density at radius 1 is 1.50 bits per heavy atom. The van der Waals surface area contributed by atoms with E-state index in [9.17, 15) is 4.79 Å².